The smallest absolute Gasteiger partial charge is 0.129 e. The zero-order valence-electron chi connectivity index (χ0n) is 11.7. The van der Waals surface area contributed by atoms with Gasteiger partial charge in [-0.05, 0) is 49.6 Å². The summed E-state index contributed by atoms with van der Waals surface area (Å²) in [4.78, 5) is 6.96. The predicted molar refractivity (Wildman–Crippen MR) is 80.4 cm³/mol. The number of aromatic nitrogens is 1. The van der Waals surface area contributed by atoms with Crippen LogP contribution in [0.2, 0.25) is 0 Å². The maximum atomic E-state index is 9.26. The molecule has 1 saturated carbocycles. The first-order valence-corrected chi connectivity index (χ1v) is 7.14. The fourth-order valence-corrected chi connectivity index (χ4v) is 2.67. The third-order valence-corrected chi connectivity index (χ3v) is 4.03. The van der Waals surface area contributed by atoms with E-state index in [4.69, 9.17) is 9.72 Å². The molecule has 0 atom stereocenters. The Morgan fingerprint density at radius 2 is 2.15 bits per heavy atom. The lowest BCUT2D eigenvalue weighted by molar-refractivity contribution is 0.283. The van der Waals surface area contributed by atoms with Crippen molar-refractivity contribution < 1.29 is 9.84 Å². The van der Waals surface area contributed by atoms with E-state index in [1.165, 1.54) is 19.3 Å². The van der Waals surface area contributed by atoms with Gasteiger partial charge in [-0.25, -0.2) is 4.98 Å². The van der Waals surface area contributed by atoms with Crippen LogP contribution in [0.25, 0.3) is 10.9 Å². The van der Waals surface area contributed by atoms with Crippen LogP contribution in [-0.4, -0.2) is 36.4 Å². The van der Waals surface area contributed by atoms with Crippen LogP contribution in [0, 0.1) is 0 Å². The minimum Gasteiger partial charge on any atom is -0.497 e. The number of hydrogen-bond donors (Lipinski definition) is 1. The molecule has 1 fully saturated rings. The van der Waals surface area contributed by atoms with Gasteiger partial charge in [0.2, 0.25) is 0 Å². The van der Waals surface area contributed by atoms with Crippen LogP contribution in [0.3, 0.4) is 0 Å². The Kier molecular flexibility index (Phi) is 3.74. The number of hydrogen-bond acceptors (Lipinski definition) is 4. The summed E-state index contributed by atoms with van der Waals surface area (Å²) in [5, 5.41) is 10.3. The molecule has 1 aliphatic carbocycles. The standard InChI is InChI=1S/C16H20N2O2/c1-20-14-6-7-15-12(11-14)5-8-16(17-15)18(9-10-19)13-3-2-4-13/h5-8,11,13,19H,2-4,9-10H2,1H3. The number of nitrogens with zero attached hydrogens (tertiary/aromatic N) is 2. The van der Waals surface area contributed by atoms with Gasteiger partial charge in [-0.3, -0.25) is 0 Å². The fraction of sp³-hybridized carbons (Fsp3) is 0.438. The number of aliphatic hydroxyl groups is 1. The van der Waals surface area contributed by atoms with Gasteiger partial charge in [0.05, 0.1) is 19.2 Å². The van der Waals surface area contributed by atoms with Gasteiger partial charge in [-0.15, -0.1) is 0 Å². The maximum absolute atomic E-state index is 9.26. The summed E-state index contributed by atoms with van der Waals surface area (Å²) in [6.07, 6.45) is 3.67. The lowest BCUT2D eigenvalue weighted by Crippen LogP contribution is -2.42. The third kappa shape index (κ3) is 2.43. The van der Waals surface area contributed by atoms with Gasteiger partial charge in [-0.1, -0.05) is 0 Å². The van der Waals surface area contributed by atoms with E-state index in [2.05, 4.69) is 11.0 Å². The van der Waals surface area contributed by atoms with Crippen LogP contribution in [0.5, 0.6) is 5.75 Å². The van der Waals surface area contributed by atoms with Gasteiger partial charge in [0.1, 0.15) is 11.6 Å². The van der Waals surface area contributed by atoms with Crippen molar-refractivity contribution in [2.75, 3.05) is 25.2 Å². The van der Waals surface area contributed by atoms with Gasteiger partial charge in [0, 0.05) is 18.0 Å². The highest BCUT2D eigenvalue weighted by Gasteiger charge is 2.25. The topological polar surface area (TPSA) is 45.6 Å². The quantitative estimate of drug-likeness (QED) is 0.908. The average Bonchev–Trinajstić information content (AvgIpc) is 2.44. The van der Waals surface area contributed by atoms with Crippen LogP contribution in [-0.2, 0) is 0 Å². The van der Waals surface area contributed by atoms with Crippen LogP contribution in [0.1, 0.15) is 19.3 Å². The summed E-state index contributed by atoms with van der Waals surface area (Å²) in [6, 6.07) is 10.5. The SMILES string of the molecule is COc1ccc2nc(N(CCO)C3CCC3)ccc2c1. The van der Waals surface area contributed by atoms with Crippen molar-refractivity contribution in [1.29, 1.82) is 0 Å². The number of fused-ring (bicyclic) bond motifs is 1. The molecule has 0 amide bonds. The molecule has 4 nitrogen and oxygen atoms in total. The summed E-state index contributed by atoms with van der Waals surface area (Å²) in [5.41, 5.74) is 0.963. The number of rotatable bonds is 5. The highest BCUT2D eigenvalue weighted by atomic mass is 16.5. The van der Waals surface area contributed by atoms with E-state index in [1.807, 2.05) is 24.3 Å². The number of benzene rings is 1. The zero-order chi connectivity index (χ0) is 13.9. The number of ether oxygens (including phenoxy) is 1. The first kappa shape index (κ1) is 13.2. The summed E-state index contributed by atoms with van der Waals surface area (Å²) in [7, 11) is 1.67. The molecule has 0 unspecified atom stereocenters. The van der Waals surface area contributed by atoms with Crippen molar-refractivity contribution in [3.05, 3.63) is 30.3 Å². The molecule has 4 heteroatoms. The van der Waals surface area contributed by atoms with Gasteiger partial charge in [-0.2, -0.15) is 0 Å². The van der Waals surface area contributed by atoms with Gasteiger partial charge >= 0.3 is 0 Å². The third-order valence-electron chi connectivity index (χ3n) is 4.03. The Balaban J connectivity index is 1.94. The van der Waals surface area contributed by atoms with E-state index in [1.54, 1.807) is 7.11 Å². The van der Waals surface area contributed by atoms with E-state index >= 15 is 0 Å². The maximum Gasteiger partial charge on any atom is 0.129 e. The van der Waals surface area contributed by atoms with Crippen molar-refractivity contribution in [3.8, 4) is 5.75 Å². The van der Waals surface area contributed by atoms with Crippen molar-refractivity contribution in [2.24, 2.45) is 0 Å². The van der Waals surface area contributed by atoms with E-state index in [-0.39, 0.29) is 6.61 Å². The van der Waals surface area contributed by atoms with E-state index in [0.29, 0.717) is 12.6 Å². The van der Waals surface area contributed by atoms with Crippen LogP contribution >= 0.6 is 0 Å². The first-order chi connectivity index (χ1) is 9.81. The molecular formula is C16H20N2O2. The Morgan fingerprint density at radius 3 is 2.80 bits per heavy atom. The lowest BCUT2D eigenvalue weighted by atomic mass is 9.91. The number of pyridine rings is 1. The highest BCUT2D eigenvalue weighted by Crippen LogP contribution is 2.30. The molecule has 106 valence electrons. The van der Waals surface area contributed by atoms with E-state index in [0.717, 1.165) is 22.5 Å². The number of anilines is 1. The molecule has 0 radical (unpaired) electrons. The number of aliphatic hydroxyl groups excluding tert-OH is 1. The molecule has 0 spiro atoms. The van der Waals surface area contributed by atoms with Crippen LogP contribution < -0.4 is 9.64 Å². The monoisotopic (exact) mass is 272 g/mol. The highest BCUT2D eigenvalue weighted by molar-refractivity contribution is 5.81. The second-order valence-corrected chi connectivity index (χ2v) is 5.23. The summed E-state index contributed by atoms with van der Waals surface area (Å²) in [5.74, 6) is 1.81. The molecule has 1 aromatic carbocycles. The van der Waals surface area contributed by atoms with E-state index < -0.39 is 0 Å². The number of methoxy groups -OCH3 is 1. The van der Waals surface area contributed by atoms with E-state index in [9.17, 15) is 5.11 Å². The molecule has 3 rings (SSSR count). The van der Waals surface area contributed by atoms with Crippen LogP contribution in [0.4, 0.5) is 5.82 Å². The molecule has 0 bridgehead atoms. The normalized spacial score (nSPS) is 15.1. The van der Waals surface area contributed by atoms with Crippen molar-refractivity contribution >= 4 is 16.7 Å². The predicted octanol–water partition coefficient (Wildman–Crippen LogP) is 2.59. The second-order valence-electron chi connectivity index (χ2n) is 5.23. The van der Waals surface area contributed by atoms with Gasteiger partial charge < -0.3 is 14.7 Å². The zero-order valence-corrected chi connectivity index (χ0v) is 11.7. The molecule has 1 N–H and O–H groups in total. The molecule has 1 heterocycles. The van der Waals surface area contributed by atoms with Crippen molar-refractivity contribution in [1.82, 2.24) is 4.98 Å². The average molecular weight is 272 g/mol. The Hall–Kier alpha value is -1.81. The summed E-state index contributed by atoms with van der Waals surface area (Å²) in [6.45, 7) is 0.818. The minimum atomic E-state index is 0.166. The molecule has 1 aromatic heterocycles. The molecule has 2 aromatic rings. The Morgan fingerprint density at radius 1 is 1.30 bits per heavy atom. The second kappa shape index (κ2) is 5.67. The fourth-order valence-electron chi connectivity index (χ4n) is 2.67. The van der Waals surface area contributed by atoms with Crippen LogP contribution in [0.15, 0.2) is 30.3 Å². The molecular weight excluding hydrogens is 252 g/mol. The minimum absolute atomic E-state index is 0.166. The summed E-state index contributed by atoms with van der Waals surface area (Å²) < 4.78 is 5.23. The molecule has 0 saturated heterocycles. The molecule has 20 heavy (non-hydrogen) atoms. The lowest BCUT2D eigenvalue weighted by Gasteiger charge is -2.38. The molecule has 1 aliphatic rings. The van der Waals surface area contributed by atoms with Gasteiger partial charge in [0.15, 0.2) is 0 Å². The molecule has 0 aliphatic heterocycles. The van der Waals surface area contributed by atoms with Gasteiger partial charge in [0.25, 0.3) is 0 Å². The first-order valence-electron chi connectivity index (χ1n) is 7.14. The van der Waals surface area contributed by atoms with Crippen molar-refractivity contribution in [2.45, 2.75) is 25.3 Å². The Labute approximate surface area is 119 Å². The Bertz CT molecular complexity index is 596. The van der Waals surface area contributed by atoms with Crippen molar-refractivity contribution in [3.63, 3.8) is 0 Å². The summed E-state index contributed by atoms with van der Waals surface area (Å²) >= 11 is 0. The largest absolute Gasteiger partial charge is 0.497 e.